The Morgan fingerprint density at radius 1 is 1.17 bits per heavy atom. The summed E-state index contributed by atoms with van der Waals surface area (Å²) in [5.74, 6) is 0.331. The minimum Gasteiger partial charge on any atom is -0.348 e. The van der Waals surface area contributed by atoms with Gasteiger partial charge in [0, 0.05) is 10.0 Å². The zero-order valence-corrected chi connectivity index (χ0v) is 14.6. The van der Waals surface area contributed by atoms with Crippen LogP contribution in [0.1, 0.15) is 18.5 Å². The lowest BCUT2D eigenvalue weighted by molar-refractivity contribution is -0.122. The molecule has 6 nitrogen and oxygen atoms in total. The SMILES string of the molecule is C[C@@H](NC(=O)Cn1nnc(-c2ccc(Br)cc2)n1)c1ccccc1. The number of halogens is 1. The number of tetrazole rings is 1. The topological polar surface area (TPSA) is 72.7 Å². The molecule has 0 unspecified atom stereocenters. The van der Waals surface area contributed by atoms with Gasteiger partial charge in [-0.1, -0.05) is 46.3 Å². The highest BCUT2D eigenvalue weighted by atomic mass is 79.9. The Morgan fingerprint density at radius 2 is 1.88 bits per heavy atom. The van der Waals surface area contributed by atoms with E-state index in [0.29, 0.717) is 5.82 Å². The van der Waals surface area contributed by atoms with Crippen LogP contribution in [0.3, 0.4) is 0 Å². The second-order valence-corrected chi connectivity index (χ2v) is 6.27. The molecule has 0 saturated carbocycles. The molecule has 1 N–H and O–H groups in total. The van der Waals surface area contributed by atoms with E-state index in [-0.39, 0.29) is 18.5 Å². The van der Waals surface area contributed by atoms with Crippen LogP contribution in [0.5, 0.6) is 0 Å². The van der Waals surface area contributed by atoms with Gasteiger partial charge in [0.1, 0.15) is 6.54 Å². The van der Waals surface area contributed by atoms with E-state index >= 15 is 0 Å². The van der Waals surface area contributed by atoms with E-state index in [2.05, 4.69) is 36.7 Å². The molecule has 0 radical (unpaired) electrons. The van der Waals surface area contributed by atoms with Crippen LogP contribution in [0.4, 0.5) is 0 Å². The van der Waals surface area contributed by atoms with E-state index in [0.717, 1.165) is 15.6 Å². The van der Waals surface area contributed by atoms with E-state index in [9.17, 15) is 4.79 Å². The number of benzene rings is 2. The lowest BCUT2D eigenvalue weighted by atomic mass is 10.1. The Morgan fingerprint density at radius 3 is 2.58 bits per heavy atom. The van der Waals surface area contributed by atoms with Crippen molar-refractivity contribution in [2.24, 2.45) is 0 Å². The summed E-state index contributed by atoms with van der Waals surface area (Å²) >= 11 is 3.38. The number of carbonyl (C=O) groups is 1. The predicted octanol–water partition coefficient (Wildman–Crippen LogP) is 2.98. The number of nitrogens with zero attached hydrogens (tertiary/aromatic N) is 4. The van der Waals surface area contributed by atoms with Crippen LogP contribution >= 0.6 is 15.9 Å². The number of amides is 1. The van der Waals surface area contributed by atoms with Gasteiger partial charge in [-0.3, -0.25) is 4.79 Å². The summed E-state index contributed by atoms with van der Waals surface area (Å²) in [5.41, 5.74) is 1.90. The zero-order valence-electron chi connectivity index (χ0n) is 13.1. The van der Waals surface area contributed by atoms with Crippen molar-refractivity contribution in [2.45, 2.75) is 19.5 Å². The summed E-state index contributed by atoms with van der Waals surface area (Å²) in [6.07, 6.45) is 0. The van der Waals surface area contributed by atoms with E-state index in [1.54, 1.807) is 0 Å². The van der Waals surface area contributed by atoms with Gasteiger partial charge in [-0.2, -0.15) is 4.80 Å². The maximum Gasteiger partial charge on any atom is 0.244 e. The molecule has 122 valence electrons. The van der Waals surface area contributed by atoms with Crippen molar-refractivity contribution < 1.29 is 4.79 Å². The first-order valence-electron chi connectivity index (χ1n) is 7.50. The van der Waals surface area contributed by atoms with Crippen LogP contribution in [-0.4, -0.2) is 26.1 Å². The largest absolute Gasteiger partial charge is 0.348 e. The monoisotopic (exact) mass is 385 g/mol. The molecular formula is C17H16BrN5O. The van der Waals surface area contributed by atoms with Crippen LogP contribution in [0.2, 0.25) is 0 Å². The molecule has 1 amide bonds. The molecule has 3 rings (SSSR count). The fourth-order valence-electron chi connectivity index (χ4n) is 2.27. The number of aromatic nitrogens is 4. The Labute approximate surface area is 148 Å². The predicted molar refractivity (Wildman–Crippen MR) is 94.0 cm³/mol. The Hall–Kier alpha value is -2.54. The van der Waals surface area contributed by atoms with Crippen LogP contribution in [0.15, 0.2) is 59.1 Å². The highest BCUT2D eigenvalue weighted by Crippen LogP contribution is 2.17. The Bertz CT molecular complexity index is 817. The maximum atomic E-state index is 12.1. The molecule has 0 bridgehead atoms. The lowest BCUT2D eigenvalue weighted by Gasteiger charge is -2.13. The zero-order chi connectivity index (χ0) is 16.9. The molecule has 0 saturated heterocycles. The molecule has 7 heteroatoms. The number of hydrogen-bond donors (Lipinski definition) is 1. The molecule has 2 aromatic carbocycles. The normalized spacial score (nSPS) is 11.9. The molecule has 1 atom stereocenters. The van der Waals surface area contributed by atoms with Crippen LogP contribution < -0.4 is 5.32 Å². The van der Waals surface area contributed by atoms with Crippen molar-refractivity contribution in [2.75, 3.05) is 0 Å². The van der Waals surface area contributed by atoms with Gasteiger partial charge in [-0.05, 0) is 42.0 Å². The average molecular weight is 386 g/mol. The van der Waals surface area contributed by atoms with Crippen LogP contribution in [0.25, 0.3) is 11.4 Å². The van der Waals surface area contributed by atoms with Gasteiger partial charge in [-0.15, -0.1) is 10.2 Å². The maximum absolute atomic E-state index is 12.1. The van der Waals surface area contributed by atoms with Crippen molar-refractivity contribution in [1.82, 2.24) is 25.5 Å². The van der Waals surface area contributed by atoms with Gasteiger partial charge in [-0.25, -0.2) is 0 Å². The summed E-state index contributed by atoms with van der Waals surface area (Å²) in [5, 5.41) is 15.1. The number of carbonyl (C=O) groups excluding carboxylic acids is 1. The highest BCUT2D eigenvalue weighted by molar-refractivity contribution is 9.10. The first-order chi connectivity index (χ1) is 11.6. The molecule has 0 aliphatic heterocycles. The summed E-state index contributed by atoms with van der Waals surface area (Å²) < 4.78 is 0.980. The molecule has 0 spiro atoms. The number of rotatable bonds is 5. The molecule has 1 aromatic heterocycles. The highest BCUT2D eigenvalue weighted by Gasteiger charge is 2.12. The van der Waals surface area contributed by atoms with Gasteiger partial charge in [0.2, 0.25) is 11.7 Å². The van der Waals surface area contributed by atoms with Gasteiger partial charge < -0.3 is 5.32 Å². The van der Waals surface area contributed by atoms with Crippen molar-refractivity contribution in [3.63, 3.8) is 0 Å². The summed E-state index contributed by atoms with van der Waals surface area (Å²) in [6, 6.07) is 17.3. The Balaban J connectivity index is 1.62. The van der Waals surface area contributed by atoms with Gasteiger partial charge >= 0.3 is 0 Å². The van der Waals surface area contributed by atoms with Crippen LogP contribution in [-0.2, 0) is 11.3 Å². The van der Waals surface area contributed by atoms with Gasteiger partial charge in [0.15, 0.2) is 0 Å². The first kappa shape index (κ1) is 16.3. The molecule has 1 heterocycles. The molecule has 3 aromatic rings. The molecule has 0 fully saturated rings. The van der Waals surface area contributed by atoms with E-state index in [1.807, 2.05) is 61.5 Å². The smallest absolute Gasteiger partial charge is 0.244 e. The van der Waals surface area contributed by atoms with E-state index in [4.69, 9.17) is 0 Å². The fourth-order valence-corrected chi connectivity index (χ4v) is 2.53. The van der Waals surface area contributed by atoms with Gasteiger partial charge in [0.05, 0.1) is 6.04 Å². The summed E-state index contributed by atoms with van der Waals surface area (Å²) in [6.45, 7) is 1.97. The minimum absolute atomic E-state index is 0.0285. The Kier molecular flexibility index (Phi) is 5.00. The standard InChI is InChI=1S/C17H16BrN5O/c1-12(13-5-3-2-4-6-13)19-16(24)11-23-21-17(20-22-23)14-7-9-15(18)10-8-14/h2-10,12H,11H2,1H3,(H,19,24)/t12-/m1/s1. The first-order valence-corrected chi connectivity index (χ1v) is 8.29. The van der Waals surface area contributed by atoms with E-state index < -0.39 is 0 Å². The van der Waals surface area contributed by atoms with Gasteiger partial charge in [0.25, 0.3) is 0 Å². The third kappa shape index (κ3) is 4.05. The molecule has 24 heavy (non-hydrogen) atoms. The second-order valence-electron chi connectivity index (χ2n) is 5.35. The fraction of sp³-hybridized carbons (Fsp3) is 0.176. The molecule has 0 aliphatic carbocycles. The molecular weight excluding hydrogens is 370 g/mol. The van der Waals surface area contributed by atoms with Crippen molar-refractivity contribution in [1.29, 1.82) is 0 Å². The van der Waals surface area contributed by atoms with E-state index in [1.165, 1.54) is 4.80 Å². The third-order valence-corrected chi connectivity index (χ3v) is 4.05. The average Bonchev–Trinajstić information content (AvgIpc) is 3.04. The third-order valence-electron chi connectivity index (χ3n) is 3.52. The number of hydrogen-bond acceptors (Lipinski definition) is 4. The summed E-state index contributed by atoms with van der Waals surface area (Å²) in [7, 11) is 0. The van der Waals surface area contributed by atoms with Crippen molar-refractivity contribution in [3.05, 3.63) is 64.6 Å². The molecule has 0 aliphatic rings. The van der Waals surface area contributed by atoms with Crippen LogP contribution in [0, 0.1) is 0 Å². The lowest BCUT2D eigenvalue weighted by Crippen LogP contribution is -2.30. The van der Waals surface area contributed by atoms with Crippen molar-refractivity contribution in [3.8, 4) is 11.4 Å². The summed E-state index contributed by atoms with van der Waals surface area (Å²) in [4.78, 5) is 13.4. The quantitative estimate of drug-likeness (QED) is 0.732. The minimum atomic E-state index is -0.161. The number of nitrogens with one attached hydrogen (secondary N) is 1. The second kappa shape index (κ2) is 7.35. The van der Waals surface area contributed by atoms with Crippen molar-refractivity contribution >= 4 is 21.8 Å².